The van der Waals surface area contributed by atoms with E-state index in [1.54, 1.807) is 24.3 Å². The van der Waals surface area contributed by atoms with Crippen LogP contribution in [0, 0.1) is 10.1 Å². The van der Waals surface area contributed by atoms with Gasteiger partial charge in [0.25, 0.3) is 5.69 Å². The number of sulfonamides is 1. The molecule has 3 rings (SSSR count). The molecule has 2 N–H and O–H groups in total. The highest BCUT2D eigenvalue weighted by atomic mass is 32.2. The Hall–Kier alpha value is -2.45. The molecule has 7 nitrogen and oxygen atoms in total. The standard InChI is InChI=1S/C18H21N3O4S/c22-21(23)17-8-6-16(7-9-17)19-11-12-20-26(24,25)18-10-5-14-3-1-2-4-15(14)13-18/h5-10,13,19-20H,1-4,11-12H2. The fourth-order valence-electron chi connectivity index (χ4n) is 3.05. The first-order valence-electron chi connectivity index (χ1n) is 8.55. The fourth-order valence-corrected chi connectivity index (χ4v) is 4.14. The van der Waals surface area contributed by atoms with Crippen molar-refractivity contribution in [3.05, 3.63) is 63.7 Å². The Labute approximate surface area is 152 Å². The molecule has 0 aromatic heterocycles. The van der Waals surface area contributed by atoms with Gasteiger partial charge < -0.3 is 5.32 Å². The van der Waals surface area contributed by atoms with Gasteiger partial charge in [-0.25, -0.2) is 13.1 Å². The van der Waals surface area contributed by atoms with Crippen molar-refractivity contribution in [2.45, 2.75) is 30.6 Å². The predicted molar refractivity (Wildman–Crippen MR) is 99.9 cm³/mol. The summed E-state index contributed by atoms with van der Waals surface area (Å²) >= 11 is 0. The average Bonchev–Trinajstić information content (AvgIpc) is 2.65. The second-order valence-electron chi connectivity index (χ2n) is 6.27. The van der Waals surface area contributed by atoms with E-state index >= 15 is 0 Å². The Morgan fingerprint density at radius 3 is 2.35 bits per heavy atom. The maximum absolute atomic E-state index is 12.4. The first-order valence-corrected chi connectivity index (χ1v) is 10.0. The molecule has 0 saturated carbocycles. The molecule has 0 radical (unpaired) electrons. The number of nitro groups is 1. The van der Waals surface area contributed by atoms with E-state index in [1.165, 1.54) is 17.7 Å². The molecule has 0 amide bonds. The number of rotatable bonds is 7. The molecule has 1 aliphatic carbocycles. The van der Waals surface area contributed by atoms with Crippen molar-refractivity contribution in [1.29, 1.82) is 0 Å². The summed E-state index contributed by atoms with van der Waals surface area (Å²) in [5.74, 6) is 0. The van der Waals surface area contributed by atoms with Crippen LogP contribution in [0.25, 0.3) is 0 Å². The van der Waals surface area contributed by atoms with Crippen LogP contribution in [0.1, 0.15) is 24.0 Å². The molecule has 0 spiro atoms. The van der Waals surface area contributed by atoms with Crippen LogP contribution in [0.2, 0.25) is 0 Å². The predicted octanol–water partition coefficient (Wildman–Crippen LogP) is 2.86. The van der Waals surface area contributed by atoms with Crippen molar-refractivity contribution in [3.63, 3.8) is 0 Å². The van der Waals surface area contributed by atoms with Crippen LogP contribution in [0.15, 0.2) is 47.4 Å². The molecule has 26 heavy (non-hydrogen) atoms. The summed E-state index contributed by atoms with van der Waals surface area (Å²) < 4.78 is 27.5. The summed E-state index contributed by atoms with van der Waals surface area (Å²) in [5.41, 5.74) is 3.09. The largest absolute Gasteiger partial charge is 0.384 e. The second-order valence-corrected chi connectivity index (χ2v) is 8.03. The number of benzene rings is 2. The molecule has 0 saturated heterocycles. The van der Waals surface area contributed by atoms with Gasteiger partial charge in [0.05, 0.1) is 9.82 Å². The molecule has 0 bridgehead atoms. The molecule has 0 aliphatic heterocycles. The molecule has 0 unspecified atom stereocenters. The molecule has 0 fully saturated rings. The van der Waals surface area contributed by atoms with E-state index in [-0.39, 0.29) is 12.2 Å². The Bertz CT molecular complexity index is 895. The summed E-state index contributed by atoms with van der Waals surface area (Å²) in [4.78, 5) is 10.5. The van der Waals surface area contributed by atoms with Gasteiger partial charge in [-0.2, -0.15) is 0 Å². The first kappa shape index (κ1) is 18.3. The van der Waals surface area contributed by atoms with Crippen LogP contribution < -0.4 is 10.0 Å². The lowest BCUT2D eigenvalue weighted by Crippen LogP contribution is -2.29. The number of fused-ring (bicyclic) bond motifs is 1. The summed E-state index contributed by atoms with van der Waals surface area (Å²) in [5, 5.41) is 13.7. The monoisotopic (exact) mass is 375 g/mol. The smallest absolute Gasteiger partial charge is 0.269 e. The second kappa shape index (κ2) is 7.84. The van der Waals surface area contributed by atoms with Crippen LogP contribution >= 0.6 is 0 Å². The van der Waals surface area contributed by atoms with Gasteiger partial charge in [-0.1, -0.05) is 6.07 Å². The molecule has 2 aromatic rings. The van der Waals surface area contributed by atoms with Gasteiger partial charge in [0.2, 0.25) is 10.0 Å². The lowest BCUT2D eigenvalue weighted by molar-refractivity contribution is -0.384. The highest BCUT2D eigenvalue weighted by Crippen LogP contribution is 2.24. The Balaban J connectivity index is 1.54. The quantitative estimate of drug-likeness (QED) is 0.440. The number of non-ortho nitro benzene ring substituents is 1. The third kappa shape index (κ3) is 4.39. The zero-order chi connectivity index (χ0) is 18.6. The Morgan fingerprint density at radius 1 is 0.962 bits per heavy atom. The van der Waals surface area contributed by atoms with Crippen LogP contribution in [-0.2, 0) is 22.9 Å². The fraction of sp³-hybridized carbons (Fsp3) is 0.333. The zero-order valence-corrected chi connectivity index (χ0v) is 15.1. The first-order chi connectivity index (χ1) is 12.5. The van der Waals surface area contributed by atoms with E-state index < -0.39 is 14.9 Å². The molecule has 1 aliphatic rings. The normalized spacial score (nSPS) is 13.8. The van der Waals surface area contributed by atoms with Crippen LogP contribution in [-0.4, -0.2) is 26.4 Å². The average molecular weight is 375 g/mol. The molecular weight excluding hydrogens is 354 g/mol. The SMILES string of the molecule is O=[N+]([O-])c1ccc(NCCNS(=O)(=O)c2ccc3c(c2)CCCC3)cc1. The van der Waals surface area contributed by atoms with Crippen LogP contribution in [0.4, 0.5) is 11.4 Å². The highest BCUT2D eigenvalue weighted by molar-refractivity contribution is 7.89. The van der Waals surface area contributed by atoms with E-state index in [2.05, 4.69) is 10.0 Å². The minimum atomic E-state index is -3.55. The summed E-state index contributed by atoms with van der Waals surface area (Å²) in [6.45, 7) is 0.596. The molecule has 0 heterocycles. The number of nitrogens with one attached hydrogen (secondary N) is 2. The minimum absolute atomic E-state index is 0.0173. The summed E-state index contributed by atoms with van der Waals surface area (Å²) in [7, 11) is -3.55. The lowest BCUT2D eigenvalue weighted by atomic mass is 9.92. The van der Waals surface area contributed by atoms with E-state index in [1.807, 2.05) is 6.07 Å². The van der Waals surface area contributed by atoms with Crippen molar-refractivity contribution >= 4 is 21.4 Å². The van der Waals surface area contributed by atoms with Gasteiger partial charge in [0.15, 0.2) is 0 Å². The van der Waals surface area contributed by atoms with Crippen LogP contribution in [0.3, 0.4) is 0 Å². The highest BCUT2D eigenvalue weighted by Gasteiger charge is 2.17. The third-order valence-corrected chi connectivity index (χ3v) is 5.91. The molecular formula is C18H21N3O4S. The molecule has 0 atom stereocenters. The third-order valence-electron chi connectivity index (χ3n) is 4.45. The number of hydrogen-bond donors (Lipinski definition) is 2. The van der Waals surface area contributed by atoms with E-state index in [9.17, 15) is 18.5 Å². The Kier molecular flexibility index (Phi) is 5.53. The number of aryl methyl sites for hydroxylation is 2. The molecule has 138 valence electrons. The maximum Gasteiger partial charge on any atom is 0.269 e. The van der Waals surface area contributed by atoms with Crippen molar-refractivity contribution in [2.24, 2.45) is 0 Å². The molecule has 2 aromatic carbocycles. The topological polar surface area (TPSA) is 101 Å². The van der Waals surface area contributed by atoms with Gasteiger partial charge >= 0.3 is 0 Å². The number of anilines is 1. The summed E-state index contributed by atoms with van der Waals surface area (Å²) in [6, 6.07) is 11.3. The number of hydrogen-bond acceptors (Lipinski definition) is 5. The van der Waals surface area contributed by atoms with Crippen molar-refractivity contribution in [3.8, 4) is 0 Å². The van der Waals surface area contributed by atoms with Gasteiger partial charge in [-0.3, -0.25) is 10.1 Å². The number of nitro benzene ring substituents is 1. The lowest BCUT2D eigenvalue weighted by Gasteiger charge is -2.17. The van der Waals surface area contributed by atoms with Gasteiger partial charge in [0.1, 0.15) is 0 Å². The maximum atomic E-state index is 12.4. The van der Waals surface area contributed by atoms with Crippen molar-refractivity contribution in [1.82, 2.24) is 4.72 Å². The van der Waals surface area contributed by atoms with E-state index in [4.69, 9.17) is 0 Å². The van der Waals surface area contributed by atoms with Gasteiger partial charge in [-0.05, 0) is 61.1 Å². The van der Waals surface area contributed by atoms with Gasteiger partial charge in [0, 0.05) is 30.9 Å². The van der Waals surface area contributed by atoms with Crippen molar-refractivity contribution in [2.75, 3.05) is 18.4 Å². The number of nitrogens with zero attached hydrogens (tertiary/aromatic N) is 1. The summed E-state index contributed by atoms with van der Waals surface area (Å²) in [6.07, 6.45) is 4.21. The van der Waals surface area contributed by atoms with Crippen LogP contribution in [0.5, 0.6) is 0 Å². The van der Waals surface area contributed by atoms with E-state index in [0.29, 0.717) is 17.1 Å². The van der Waals surface area contributed by atoms with Crippen molar-refractivity contribution < 1.29 is 13.3 Å². The van der Waals surface area contributed by atoms with Gasteiger partial charge in [-0.15, -0.1) is 0 Å². The molecule has 8 heteroatoms. The zero-order valence-electron chi connectivity index (χ0n) is 14.3. The Morgan fingerprint density at radius 2 is 1.65 bits per heavy atom. The minimum Gasteiger partial charge on any atom is -0.384 e. The van der Waals surface area contributed by atoms with E-state index in [0.717, 1.165) is 31.2 Å².